The van der Waals surface area contributed by atoms with Gasteiger partial charge in [-0.25, -0.2) is 0 Å². The van der Waals surface area contributed by atoms with E-state index in [9.17, 15) is 0 Å². The molecular weight excluding hydrogens is 655 g/mol. The van der Waals surface area contributed by atoms with Crippen LogP contribution in [0.1, 0.15) is 78.1 Å². The van der Waals surface area contributed by atoms with Gasteiger partial charge in [0.1, 0.15) is 0 Å². The summed E-state index contributed by atoms with van der Waals surface area (Å²) in [5.74, 6) is 0. The van der Waals surface area contributed by atoms with Crippen molar-refractivity contribution in [3.63, 3.8) is 0 Å². The van der Waals surface area contributed by atoms with Gasteiger partial charge >= 0.3 is 260 Å². The number of hydrogen-bond acceptors (Lipinski definition) is 0. The predicted octanol–water partition coefficient (Wildman–Crippen LogP) is 4.24. The molecule has 0 spiro atoms. The summed E-state index contributed by atoms with van der Waals surface area (Å²) in [6.45, 7) is 9.22. The Labute approximate surface area is 283 Å². The van der Waals surface area contributed by atoms with Crippen LogP contribution in [-0.2, 0) is 34.1 Å². The third-order valence-electron chi connectivity index (χ3n) is 9.47. The third-order valence-corrected chi connectivity index (χ3v) is 18.2. The minimum absolute atomic E-state index is 0. The molecule has 44 heavy (non-hydrogen) atoms. The first-order valence-corrected chi connectivity index (χ1v) is 19.5. The van der Waals surface area contributed by atoms with E-state index in [0.29, 0.717) is 7.25 Å². The molecule has 2 aliphatic carbocycles. The predicted molar refractivity (Wildman–Crippen MR) is 176 cm³/mol. The van der Waals surface area contributed by atoms with Gasteiger partial charge in [-0.05, 0) is 0 Å². The zero-order valence-corrected chi connectivity index (χ0v) is 29.8. The van der Waals surface area contributed by atoms with Gasteiger partial charge in [0, 0.05) is 0 Å². The van der Waals surface area contributed by atoms with Crippen LogP contribution in [0.15, 0.2) is 121 Å². The molecule has 0 radical (unpaired) electrons. The summed E-state index contributed by atoms with van der Waals surface area (Å²) in [7, 11) is 0. The van der Waals surface area contributed by atoms with Crippen LogP contribution >= 0.6 is 0 Å². The van der Waals surface area contributed by atoms with Crippen LogP contribution in [0.25, 0.3) is 16.7 Å². The normalized spacial score (nSPS) is 14.2. The molecule has 0 bridgehead atoms. The molecule has 5 aromatic carbocycles. The number of fused-ring (bicyclic) bond motifs is 4. The van der Waals surface area contributed by atoms with Crippen LogP contribution < -0.4 is 24.8 Å². The van der Waals surface area contributed by atoms with E-state index in [2.05, 4.69) is 149 Å². The van der Waals surface area contributed by atoms with Gasteiger partial charge in [-0.15, -0.1) is 0 Å². The Morgan fingerprint density at radius 2 is 1.11 bits per heavy atom. The molecule has 7 rings (SSSR count). The van der Waals surface area contributed by atoms with Gasteiger partial charge in [0.05, 0.1) is 0 Å². The topological polar surface area (TPSA) is 0 Å². The molecule has 0 amide bonds. The number of aryl methyl sites for hydroxylation is 3. The molecule has 1 atom stereocenters. The molecule has 0 heterocycles. The fourth-order valence-electron chi connectivity index (χ4n) is 7.49. The molecular formula is C41H38Cl2Zr. The molecule has 0 N–H and O–H groups in total. The first-order chi connectivity index (χ1) is 20.6. The molecule has 0 aromatic heterocycles. The average molecular weight is 693 g/mol. The number of halogens is 2. The Bertz CT molecular complexity index is 1770. The molecule has 3 heteroatoms. The van der Waals surface area contributed by atoms with Gasteiger partial charge < -0.3 is 24.8 Å². The second kappa shape index (κ2) is 13.7. The first kappa shape index (κ1) is 32.6. The maximum absolute atomic E-state index is 2.78. The maximum atomic E-state index is 2.67. The van der Waals surface area contributed by atoms with Crippen molar-refractivity contribution in [1.29, 1.82) is 0 Å². The van der Waals surface area contributed by atoms with Crippen molar-refractivity contribution < 1.29 is 46.1 Å². The van der Waals surface area contributed by atoms with Crippen LogP contribution in [0.2, 0.25) is 0 Å². The van der Waals surface area contributed by atoms with Gasteiger partial charge in [-0.2, -0.15) is 0 Å². The zero-order chi connectivity index (χ0) is 28.8. The molecule has 220 valence electrons. The Morgan fingerprint density at radius 1 is 0.591 bits per heavy atom. The number of allylic oxidation sites excluding steroid dienone is 2. The first-order valence-electron chi connectivity index (χ1n) is 15.5. The van der Waals surface area contributed by atoms with Crippen molar-refractivity contribution in [2.75, 3.05) is 0 Å². The molecule has 0 saturated heterocycles. The van der Waals surface area contributed by atoms with E-state index in [1.165, 1.54) is 50.1 Å². The summed E-state index contributed by atoms with van der Waals surface area (Å²) in [6.07, 6.45) is 4.80. The molecule has 0 fully saturated rings. The second-order valence-corrected chi connectivity index (χ2v) is 18.3. The van der Waals surface area contributed by atoms with Crippen molar-refractivity contribution in [3.8, 4) is 11.1 Å². The Hall–Kier alpha value is -2.83. The molecule has 0 aliphatic heterocycles. The number of rotatable bonds is 6. The van der Waals surface area contributed by atoms with Crippen LogP contribution in [-0.4, -0.2) is 3.21 Å². The largest absolute Gasteiger partial charge is 1.00 e. The SMILES string of the molecule is CCc1ccc2c(c1)[CH]([Zr+2](=[C](c1ccccc1)c1ccccc1)[CH]1C=C(C)c3c(C)cccc31)c1cc(CC)ccc1-2.[Cl-].[Cl-]. The monoisotopic (exact) mass is 690 g/mol. The summed E-state index contributed by atoms with van der Waals surface area (Å²) in [6, 6.07) is 44.5. The fourth-order valence-corrected chi connectivity index (χ4v) is 17.6. The summed E-state index contributed by atoms with van der Waals surface area (Å²) in [5, 5.41) is 0. The van der Waals surface area contributed by atoms with Crippen molar-refractivity contribution in [2.24, 2.45) is 0 Å². The molecule has 5 aromatic rings. The van der Waals surface area contributed by atoms with Crippen molar-refractivity contribution in [3.05, 3.63) is 171 Å². The number of benzene rings is 5. The standard InChI is InChI=1S/C17H17.C13H10.C11H11.2ClH.Zr/c1-3-12-5-7-16-14(9-12)11-15-10-13(4-2)6-8-17(15)16;1-3-7-12(8-4-1)11-13-9-5-2-6-10-13;1-8-4-3-5-10-7-6-9(2)11(8)10;;;/h5-11H,3-4H2,1-2H3;1-10H;3-7H,1-2H3;2*1H;/q;;;;;+2/p-2. The smallest absolute Gasteiger partial charge is 1.00 e. The van der Waals surface area contributed by atoms with Gasteiger partial charge in [0.25, 0.3) is 0 Å². The Kier molecular flexibility index (Phi) is 10.1. The van der Waals surface area contributed by atoms with E-state index in [-0.39, 0.29) is 24.8 Å². The second-order valence-electron chi connectivity index (χ2n) is 11.9. The number of hydrogen-bond donors (Lipinski definition) is 0. The van der Waals surface area contributed by atoms with Crippen LogP contribution in [0.5, 0.6) is 0 Å². The van der Waals surface area contributed by atoms with Crippen LogP contribution in [0.3, 0.4) is 0 Å². The summed E-state index contributed by atoms with van der Waals surface area (Å²) >= 11 is -2.78. The Balaban J connectivity index is 0.00000192. The molecule has 1 unspecified atom stereocenters. The summed E-state index contributed by atoms with van der Waals surface area (Å²) in [4.78, 5) is 0. The van der Waals surface area contributed by atoms with Crippen molar-refractivity contribution >= 4 is 8.78 Å². The van der Waals surface area contributed by atoms with E-state index < -0.39 is 21.3 Å². The minimum Gasteiger partial charge on any atom is -1.00 e. The van der Waals surface area contributed by atoms with Gasteiger partial charge in [-0.3, -0.25) is 0 Å². The van der Waals surface area contributed by atoms with Crippen molar-refractivity contribution in [2.45, 2.75) is 47.8 Å². The van der Waals surface area contributed by atoms with Gasteiger partial charge in [0.15, 0.2) is 0 Å². The third kappa shape index (κ3) is 5.58. The maximum Gasteiger partial charge on any atom is -1.00 e. The van der Waals surface area contributed by atoms with Crippen LogP contribution in [0, 0.1) is 6.92 Å². The molecule has 0 nitrogen and oxygen atoms in total. The fraction of sp³-hybridized carbons (Fsp3) is 0.195. The van der Waals surface area contributed by atoms with E-state index in [1.54, 1.807) is 19.9 Å². The quantitative estimate of drug-likeness (QED) is 0.250. The van der Waals surface area contributed by atoms with E-state index in [1.807, 2.05) is 0 Å². The zero-order valence-electron chi connectivity index (χ0n) is 25.9. The van der Waals surface area contributed by atoms with E-state index in [0.717, 1.165) is 12.8 Å². The summed E-state index contributed by atoms with van der Waals surface area (Å²) < 4.78 is 2.53. The van der Waals surface area contributed by atoms with Gasteiger partial charge in [0.2, 0.25) is 0 Å². The van der Waals surface area contributed by atoms with Gasteiger partial charge in [-0.1, -0.05) is 0 Å². The molecule has 2 aliphatic rings. The van der Waals surface area contributed by atoms with E-state index >= 15 is 0 Å². The van der Waals surface area contributed by atoms with Crippen LogP contribution in [0.4, 0.5) is 0 Å². The average Bonchev–Trinajstić information content (AvgIpc) is 3.54. The molecule has 0 saturated carbocycles. The van der Waals surface area contributed by atoms with Crippen molar-refractivity contribution in [1.82, 2.24) is 0 Å². The summed E-state index contributed by atoms with van der Waals surface area (Å²) in [5.41, 5.74) is 17.7. The minimum atomic E-state index is -2.78. The van der Waals surface area contributed by atoms with E-state index in [4.69, 9.17) is 0 Å². The Morgan fingerprint density at radius 3 is 1.61 bits per heavy atom.